The molecule has 0 aliphatic heterocycles. The molecule has 0 aromatic heterocycles. The number of nitrogens with one attached hydrogen (secondary N) is 1. The molecule has 0 saturated carbocycles. The van der Waals surface area contributed by atoms with Crippen LogP contribution in [0.2, 0.25) is 0 Å². The van der Waals surface area contributed by atoms with Crippen LogP contribution in [0.1, 0.15) is 35.7 Å². The van der Waals surface area contributed by atoms with Crippen molar-refractivity contribution in [2.24, 2.45) is 5.14 Å². The van der Waals surface area contributed by atoms with E-state index in [1.807, 2.05) is 6.92 Å². The average Bonchev–Trinajstić information content (AvgIpc) is 2.31. The van der Waals surface area contributed by atoms with Crippen molar-refractivity contribution in [2.45, 2.75) is 31.6 Å². The second-order valence-corrected chi connectivity index (χ2v) is 6.58. The summed E-state index contributed by atoms with van der Waals surface area (Å²) in [5, 5.41) is 7.86. The van der Waals surface area contributed by atoms with Gasteiger partial charge in [0.15, 0.2) is 0 Å². The van der Waals surface area contributed by atoms with Crippen molar-refractivity contribution in [3.63, 3.8) is 0 Å². The summed E-state index contributed by atoms with van der Waals surface area (Å²) in [6.45, 7) is 4.30. The zero-order valence-electron chi connectivity index (χ0n) is 10.9. The molecule has 0 radical (unpaired) electrons. The quantitative estimate of drug-likeness (QED) is 0.796. The number of carbonyl (C=O) groups is 1. The Kier molecular flexibility index (Phi) is 5.51. The van der Waals surface area contributed by atoms with Crippen LogP contribution in [0.5, 0.6) is 0 Å². The van der Waals surface area contributed by atoms with Crippen LogP contribution in [0.25, 0.3) is 0 Å². The average molecular weight is 349 g/mol. The zero-order chi connectivity index (χ0) is 14.6. The number of unbranched alkanes of at least 4 members (excludes halogenated alkanes) is 1. The monoisotopic (exact) mass is 348 g/mol. The van der Waals surface area contributed by atoms with E-state index in [0.29, 0.717) is 22.1 Å². The van der Waals surface area contributed by atoms with Crippen molar-refractivity contribution in [1.82, 2.24) is 5.32 Å². The summed E-state index contributed by atoms with van der Waals surface area (Å²) in [7, 11) is -3.86. The van der Waals surface area contributed by atoms with Gasteiger partial charge in [-0.2, -0.15) is 0 Å². The number of hydrogen-bond donors (Lipinski definition) is 2. The van der Waals surface area contributed by atoms with Crippen molar-refractivity contribution in [3.05, 3.63) is 27.7 Å². The molecule has 0 atom stereocenters. The maximum atomic E-state index is 11.9. The molecule has 1 aromatic rings. The Hall–Kier alpha value is -0.920. The molecule has 1 aromatic carbocycles. The summed E-state index contributed by atoms with van der Waals surface area (Å²) >= 11 is 3.17. The fourth-order valence-corrected chi connectivity index (χ4v) is 3.16. The zero-order valence-corrected chi connectivity index (χ0v) is 13.3. The molecule has 0 saturated heterocycles. The predicted octanol–water partition coefficient (Wildman–Crippen LogP) is 1.93. The first-order chi connectivity index (χ1) is 8.77. The van der Waals surface area contributed by atoms with Crippen molar-refractivity contribution in [2.75, 3.05) is 6.54 Å². The highest BCUT2D eigenvalue weighted by Crippen LogP contribution is 2.26. The third-order valence-corrected chi connectivity index (χ3v) is 4.86. The minimum Gasteiger partial charge on any atom is -0.352 e. The predicted molar refractivity (Wildman–Crippen MR) is 77.5 cm³/mol. The fraction of sp³-hybridized carbons (Fsp3) is 0.417. The summed E-state index contributed by atoms with van der Waals surface area (Å²) in [6.07, 6.45) is 1.85. The molecule has 7 heteroatoms. The third kappa shape index (κ3) is 4.29. The number of primary sulfonamides is 1. The molecule has 0 aliphatic carbocycles. The maximum absolute atomic E-state index is 11.9. The molecule has 3 N–H and O–H groups in total. The number of nitrogens with two attached hydrogens (primary N) is 1. The summed E-state index contributed by atoms with van der Waals surface area (Å²) in [5.41, 5.74) is 0.938. The van der Waals surface area contributed by atoms with Gasteiger partial charge in [-0.1, -0.05) is 13.3 Å². The van der Waals surface area contributed by atoms with Gasteiger partial charge in [-0.3, -0.25) is 4.79 Å². The van der Waals surface area contributed by atoms with Crippen molar-refractivity contribution >= 4 is 31.9 Å². The summed E-state index contributed by atoms with van der Waals surface area (Å²) in [5.74, 6) is -0.297. The first-order valence-electron chi connectivity index (χ1n) is 5.88. The molecule has 106 valence electrons. The van der Waals surface area contributed by atoms with E-state index in [1.54, 1.807) is 13.0 Å². The number of hydrogen-bond acceptors (Lipinski definition) is 3. The van der Waals surface area contributed by atoms with Gasteiger partial charge in [-0.15, -0.1) is 0 Å². The lowest BCUT2D eigenvalue weighted by Crippen LogP contribution is -2.25. The summed E-state index contributed by atoms with van der Waals surface area (Å²) in [6, 6.07) is 2.91. The van der Waals surface area contributed by atoms with Crippen LogP contribution in [0.15, 0.2) is 21.5 Å². The minimum atomic E-state index is -3.86. The van der Waals surface area contributed by atoms with Gasteiger partial charge >= 0.3 is 0 Å². The van der Waals surface area contributed by atoms with Gasteiger partial charge in [-0.25, -0.2) is 13.6 Å². The van der Waals surface area contributed by atoms with Crippen LogP contribution in [-0.4, -0.2) is 20.9 Å². The number of halogens is 1. The largest absolute Gasteiger partial charge is 0.352 e. The van der Waals surface area contributed by atoms with Crippen LogP contribution in [-0.2, 0) is 10.0 Å². The van der Waals surface area contributed by atoms with Crippen molar-refractivity contribution in [1.29, 1.82) is 0 Å². The van der Waals surface area contributed by atoms with E-state index in [9.17, 15) is 13.2 Å². The van der Waals surface area contributed by atoms with Crippen LogP contribution in [0, 0.1) is 6.92 Å². The molecule has 19 heavy (non-hydrogen) atoms. The Morgan fingerprint density at radius 3 is 2.58 bits per heavy atom. The second kappa shape index (κ2) is 6.49. The lowest BCUT2D eigenvalue weighted by molar-refractivity contribution is 0.0953. The van der Waals surface area contributed by atoms with Crippen LogP contribution < -0.4 is 10.5 Å². The van der Waals surface area contributed by atoms with Crippen molar-refractivity contribution < 1.29 is 13.2 Å². The van der Waals surface area contributed by atoms with E-state index in [2.05, 4.69) is 21.2 Å². The first kappa shape index (κ1) is 16.1. The number of sulfonamides is 1. The molecule has 0 bridgehead atoms. The van der Waals surface area contributed by atoms with Gasteiger partial charge in [0, 0.05) is 16.6 Å². The fourth-order valence-electron chi connectivity index (χ4n) is 1.56. The maximum Gasteiger partial charge on any atom is 0.251 e. The SMILES string of the molecule is CCCCNC(=O)c1cc(C)c(Br)c(S(N)(=O)=O)c1. The highest BCUT2D eigenvalue weighted by Gasteiger charge is 2.18. The third-order valence-electron chi connectivity index (χ3n) is 2.61. The molecule has 1 amide bonds. The van der Waals surface area contributed by atoms with E-state index >= 15 is 0 Å². The van der Waals surface area contributed by atoms with E-state index in [1.165, 1.54) is 6.07 Å². The summed E-state index contributed by atoms with van der Waals surface area (Å²) < 4.78 is 23.3. The van der Waals surface area contributed by atoms with Crippen molar-refractivity contribution in [3.8, 4) is 0 Å². The molecular weight excluding hydrogens is 332 g/mol. The van der Waals surface area contributed by atoms with E-state index in [4.69, 9.17) is 5.14 Å². The van der Waals surface area contributed by atoms with Gasteiger partial charge < -0.3 is 5.32 Å². The van der Waals surface area contributed by atoms with Gasteiger partial charge in [0.25, 0.3) is 5.91 Å². The lowest BCUT2D eigenvalue weighted by Gasteiger charge is -2.10. The Morgan fingerprint density at radius 2 is 2.05 bits per heavy atom. The second-order valence-electron chi connectivity index (χ2n) is 4.26. The van der Waals surface area contributed by atoms with Crippen LogP contribution in [0.4, 0.5) is 0 Å². The first-order valence-corrected chi connectivity index (χ1v) is 8.22. The van der Waals surface area contributed by atoms with E-state index in [-0.39, 0.29) is 10.8 Å². The topological polar surface area (TPSA) is 89.3 Å². The van der Waals surface area contributed by atoms with Gasteiger partial charge in [0.05, 0.1) is 4.90 Å². The number of aryl methyl sites for hydroxylation is 1. The Morgan fingerprint density at radius 1 is 1.42 bits per heavy atom. The lowest BCUT2D eigenvalue weighted by atomic mass is 10.1. The highest BCUT2D eigenvalue weighted by molar-refractivity contribution is 9.10. The number of benzene rings is 1. The van der Waals surface area contributed by atoms with Crippen LogP contribution in [0.3, 0.4) is 0 Å². The van der Waals surface area contributed by atoms with Crippen LogP contribution >= 0.6 is 15.9 Å². The molecule has 0 spiro atoms. The minimum absolute atomic E-state index is 0.0758. The highest BCUT2D eigenvalue weighted by atomic mass is 79.9. The number of rotatable bonds is 5. The smallest absolute Gasteiger partial charge is 0.251 e. The molecule has 0 fully saturated rings. The van der Waals surface area contributed by atoms with Gasteiger partial charge in [0.2, 0.25) is 10.0 Å². The standard InChI is InChI=1S/C12H17BrN2O3S/c1-3-4-5-15-12(16)9-6-8(2)11(13)10(7-9)19(14,17)18/h6-7H,3-5H2,1-2H3,(H,15,16)(H2,14,17,18). The van der Waals surface area contributed by atoms with E-state index in [0.717, 1.165) is 12.8 Å². The van der Waals surface area contributed by atoms with Gasteiger partial charge in [0.1, 0.15) is 0 Å². The Bertz CT molecular complexity index is 585. The number of carbonyl (C=O) groups excluding carboxylic acids is 1. The molecular formula is C12H17BrN2O3S. The Labute approximate surface area is 121 Å². The molecule has 0 unspecified atom stereocenters. The molecule has 5 nitrogen and oxygen atoms in total. The normalized spacial score (nSPS) is 11.4. The van der Waals surface area contributed by atoms with E-state index < -0.39 is 10.0 Å². The molecule has 0 aliphatic rings. The van der Waals surface area contributed by atoms with Gasteiger partial charge in [-0.05, 0) is 47.0 Å². The molecule has 1 rings (SSSR count). The molecule has 0 heterocycles. The summed E-state index contributed by atoms with van der Waals surface area (Å²) in [4.78, 5) is 11.8. The number of amides is 1. The Balaban J connectivity index is 3.11.